The minimum Gasteiger partial charge on any atom is -0.395 e. The van der Waals surface area contributed by atoms with Gasteiger partial charge in [0, 0.05) is 25.0 Å². The number of aryl methyl sites for hydroxylation is 1. The van der Waals surface area contributed by atoms with E-state index in [4.69, 9.17) is 0 Å². The van der Waals surface area contributed by atoms with Gasteiger partial charge in [0.2, 0.25) is 0 Å². The average molecular weight is 395 g/mol. The van der Waals surface area contributed by atoms with Crippen LogP contribution in [0.4, 0.5) is 10.9 Å². The van der Waals surface area contributed by atoms with Gasteiger partial charge in [-0.15, -0.1) is 0 Å². The molecule has 2 N–H and O–H groups in total. The third-order valence-corrected chi connectivity index (χ3v) is 6.24. The topological polar surface area (TPSA) is 61.3 Å². The molecule has 0 spiro atoms. The molecule has 1 aliphatic heterocycles. The molecule has 5 nitrogen and oxygen atoms in total. The van der Waals surface area contributed by atoms with E-state index in [0.29, 0.717) is 6.04 Å². The van der Waals surface area contributed by atoms with Crippen LogP contribution < -0.4 is 5.32 Å². The molecule has 0 aliphatic carbocycles. The third-order valence-electron chi connectivity index (χ3n) is 5.28. The zero-order chi connectivity index (χ0) is 19.2. The van der Waals surface area contributed by atoms with Crippen molar-refractivity contribution in [2.75, 3.05) is 25.0 Å². The number of anilines is 2. The molecule has 1 saturated heterocycles. The maximum Gasteiger partial charge on any atom is 0.188 e. The summed E-state index contributed by atoms with van der Waals surface area (Å²) in [5, 5.41) is 13.3. The van der Waals surface area contributed by atoms with Gasteiger partial charge in [0.1, 0.15) is 5.82 Å². The van der Waals surface area contributed by atoms with Gasteiger partial charge in [-0.2, -0.15) is 0 Å². The van der Waals surface area contributed by atoms with E-state index < -0.39 is 0 Å². The van der Waals surface area contributed by atoms with Crippen LogP contribution in [0.15, 0.2) is 54.9 Å². The number of aromatic nitrogens is 2. The molecule has 4 rings (SSSR count). The Morgan fingerprint density at radius 3 is 2.79 bits per heavy atom. The smallest absolute Gasteiger partial charge is 0.188 e. The summed E-state index contributed by atoms with van der Waals surface area (Å²) in [7, 11) is 0. The van der Waals surface area contributed by atoms with Crippen LogP contribution in [0.2, 0.25) is 0 Å². The van der Waals surface area contributed by atoms with E-state index in [-0.39, 0.29) is 6.61 Å². The Kier molecular flexibility index (Phi) is 6.31. The van der Waals surface area contributed by atoms with E-state index in [9.17, 15) is 5.11 Å². The molecule has 2 aromatic heterocycles. The fraction of sp³-hybridized carbons (Fsp3) is 0.364. The second-order valence-electron chi connectivity index (χ2n) is 7.17. The van der Waals surface area contributed by atoms with Crippen LogP contribution >= 0.6 is 11.3 Å². The number of aliphatic hydroxyl groups is 1. The number of likely N-dealkylation sites (tertiary alicyclic amines) is 1. The van der Waals surface area contributed by atoms with E-state index >= 15 is 0 Å². The molecular formula is C22H26N4OS. The number of benzene rings is 1. The highest BCUT2D eigenvalue weighted by Gasteiger charge is 2.23. The zero-order valence-corrected chi connectivity index (χ0v) is 16.7. The Bertz CT molecular complexity index is 866. The molecule has 1 atom stereocenters. The Balaban J connectivity index is 1.32. The summed E-state index contributed by atoms with van der Waals surface area (Å²) in [5.74, 6) is 0.820. The summed E-state index contributed by atoms with van der Waals surface area (Å²) in [6.45, 7) is 2.16. The summed E-state index contributed by atoms with van der Waals surface area (Å²) in [6, 6.07) is 15.1. The predicted octanol–water partition coefficient (Wildman–Crippen LogP) is 4.34. The van der Waals surface area contributed by atoms with E-state index in [2.05, 4.69) is 38.4 Å². The van der Waals surface area contributed by atoms with Crippen LogP contribution in [-0.2, 0) is 6.42 Å². The number of pyridine rings is 1. The highest BCUT2D eigenvalue weighted by molar-refractivity contribution is 7.18. The summed E-state index contributed by atoms with van der Waals surface area (Å²) >= 11 is 1.63. The quantitative estimate of drug-likeness (QED) is 0.595. The van der Waals surface area contributed by atoms with Gasteiger partial charge in [0.05, 0.1) is 11.5 Å². The minimum atomic E-state index is 0.251. The van der Waals surface area contributed by atoms with Gasteiger partial charge in [-0.25, -0.2) is 9.97 Å². The first-order valence-corrected chi connectivity index (χ1v) is 10.7. The first-order valence-electron chi connectivity index (χ1n) is 9.90. The SMILES string of the molecule is OCCN1CCC[C@@H]1CCc1ccc(Nc2ncc(-c3ccccc3)s2)nc1. The van der Waals surface area contributed by atoms with E-state index in [1.54, 1.807) is 11.3 Å². The van der Waals surface area contributed by atoms with Gasteiger partial charge >= 0.3 is 0 Å². The molecule has 0 bridgehead atoms. The summed E-state index contributed by atoms with van der Waals surface area (Å²) in [4.78, 5) is 12.6. The zero-order valence-electron chi connectivity index (χ0n) is 15.9. The van der Waals surface area contributed by atoms with Crippen molar-refractivity contribution in [3.05, 3.63) is 60.4 Å². The van der Waals surface area contributed by atoms with Crippen molar-refractivity contribution in [3.8, 4) is 10.4 Å². The van der Waals surface area contributed by atoms with Crippen molar-refractivity contribution in [3.63, 3.8) is 0 Å². The largest absolute Gasteiger partial charge is 0.395 e. The normalized spacial score (nSPS) is 17.1. The van der Waals surface area contributed by atoms with Crippen LogP contribution in [-0.4, -0.2) is 45.7 Å². The van der Waals surface area contributed by atoms with Crippen molar-refractivity contribution in [1.82, 2.24) is 14.9 Å². The monoisotopic (exact) mass is 394 g/mol. The first kappa shape index (κ1) is 19.1. The van der Waals surface area contributed by atoms with Crippen LogP contribution in [0.5, 0.6) is 0 Å². The number of β-amino-alcohol motifs (C(OH)–C–C–N with tert-alkyl or cyclic N) is 1. The third kappa shape index (κ3) is 4.76. The lowest BCUT2D eigenvalue weighted by molar-refractivity contribution is 0.180. The van der Waals surface area contributed by atoms with Crippen LogP contribution in [0.25, 0.3) is 10.4 Å². The lowest BCUT2D eigenvalue weighted by Gasteiger charge is -2.23. The number of thiazole rings is 1. The number of nitrogens with zero attached hydrogens (tertiary/aromatic N) is 3. The highest BCUT2D eigenvalue weighted by Crippen LogP contribution is 2.30. The number of hydrogen-bond acceptors (Lipinski definition) is 6. The van der Waals surface area contributed by atoms with Gasteiger partial charge in [-0.3, -0.25) is 4.90 Å². The second kappa shape index (κ2) is 9.28. The molecule has 146 valence electrons. The van der Waals surface area contributed by atoms with Gasteiger partial charge in [0.25, 0.3) is 0 Å². The molecule has 1 aliphatic rings. The maximum atomic E-state index is 9.18. The lowest BCUT2D eigenvalue weighted by atomic mass is 10.0. The summed E-state index contributed by atoms with van der Waals surface area (Å²) < 4.78 is 0. The summed E-state index contributed by atoms with van der Waals surface area (Å²) in [6.07, 6.45) is 8.48. The van der Waals surface area contributed by atoms with Crippen molar-refractivity contribution in [1.29, 1.82) is 0 Å². The number of aliphatic hydroxyl groups excluding tert-OH is 1. The molecule has 0 radical (unpaired) electrons. The van der Waals surface area contributed by atoms with Gasteiger partial charge < -0.3 is 10.4 Å². The Morgan fingerprint density at radius 2 is 2.00 bits per heavy atom. The van der Waals surface area contributed by atoms with Crippen molar-refractivity contribution in [2.45, 2.75) is 31.7 Å². The Morgan fingerprint density at radius 1 is 1.11 bits per heavy atom. The molecule has 0 saturated carbocycles. The first-order chi connectivity index (χ1) is 13.8. The molecule has 3 heterocycles. The fourth-order valence-electron chi connectivity index (χ4n) is 3.80. The van der Waals surface area contributed by atoms with Crippen LogP contribution in [0.3, 0.4) is 0 Å². The highest BCUT2D eigenvalue weighted by atomic mass is 32.1. The fourth-order valence-corrected chi connectivity index (χ4v) is 4.63. The van der Waals surface area contributed by atoms with E-state index in [1.165, 1.54) is 24.0 Å². The van der Waals surface area contributed by atoms with Crippen molar-refractivity contribution < 1.29 is 5.11 Å². The minimum absolute atomic E-state index is 0.251. The van der Waals surface area contributed by atoms with Gasteiger partial charge in [-0.1, -0.05) is 47.7 Å². The van der Waals surface area contributed by atoms with Crippen molar-refractivity contribution >= 4 is 22.3 Å². The maximum absolute atomic E-state index is 9.18. The van der Waals surface area contributed by atoms with Crippen LogP contribution in [0, 0.1) is 0 Å². The Hall–Kier alpha value is -2.28. The predicted molar refractivity (Wildman–Crippen MR) is 115 cm³/mol. The van der Waals surface area contributed by atoms with E-state index in [0.717, 1.165) is 41.8 Å². The number of rotatable bonds is 8. The molecular weight excluding hydrogens is 368 g/mol. The average Bonchev–Trinajstić information content (AvgIpc) is 3.38. The lowest BCUT2D eigenvalue weighted by Crippen LogP contribution is -2.32. The molecule has 1 fully saturated rings. The Labute approximate surface area is 170 Å². The number of hydrogen-bond donors (Lipinski definition) is 2. The molecule has 3 aromatic rings. The van der Waals surface area contributed by atoms with Crippen molar-refractivity contribution in [2.24, 2.45) is 0 Å². The van der Waals surface area contributed by atoms with Gasteiger partial charge in [0.15, 0.2) is 5.13 Å². The standard InChI is InChI=1S/C22H26N4OS/c27-14-13-26-12-4-7-19(26)10-8-17-9-11-21(23-15-17)25-22-24-16-20(28-22)18-5-2-1-3-6-18/h1-3,5-6,9,11,15-16,19,27H,4,7-8,10,12-14H2,(H,23,24,25)/t19-/m1/s1. The van der Waals surface area contributed by atoms with E-state index in [1.807, 2.05) is 36.7 Å². The molecule has 0 amide bonds. The molecule has 0 unspecified atom stereocenters. The molecule has 1 aromatic carbocycles. The molecule has 6 heteroatoms. The second-order valence-corrected chi connectivity index (χ2v) is 8.20. The number of nitrogens with one attached hydrogen (secondary N) is 1. The van der Waals surface area contributed by atoms with Crippen LogP contribution in [0.1, 0.15) is 24.8 Å². The summed E-state index contributed by atoms with van der Waals surface area (Å²) in [5.41, 5.74) is 2.43. The molecule has 28 heavy (non-hydrogen) atoms. The van der Waals surface area contributed by atoms with Gasteiger partial charge in [-0.05, 0) is 49.4 Å².